The van der Waals surface area contributed by atoms with Crippen molar-refractivity contribution in [3.8, 4) is 0 Å². The summed E-state index contributed by atoms with van der Waals surface area (Å²) in [6, 6.07) is 0. The molecule has 1 rings (SSSR count). The highest BCUT2D eigenvalue weighted by molar-refractivity contribution is 7.99. The molecule has 0 unspecified atom stereocenters. The quantitative estimate of drug-likeness (QED) is 0.292. The van der Waals surface area contributed by atoms with Crippen LogP contribution in [-0.2, 0) is 4.74 Å². The molecule has 0 radical (unpaired) electrons. The first-order valence-electron chi connectivity index (χ1n) is 2.91. The van der Waals surface area contributed by atoms with Crippen LogP contribution in [-0.4, -0.2) is 20.9 Å². The SMILES string of the molecule is C=COCSc1ncncn1. The summed E-state index contributed by atoms with van der Waals surface area (Å²) < 4.78 is 4.86. The Morgan fingerprint density at radius 3 is 2.91 bits per heavy atom. The monoisotopic (exact) mass is 169 g/mol. The Morgan fingerprint density at radius 2 is 2.27 bits per heavy atom. The topological polar surface area (TPSA) is 47.9 Å². The van der Waals surface area contributed by atoms with Gasteiger partial charge < -0.3 is 4.74 Å². The van der Waals surface area contributed by atoms with Crippen molar-refractivity contribution in [3.63, 3.8) is 0 Å². The lowest BCUT2D eigenvalue weighted by Crippen LogP contribution is -1.88. The fourth-order valence-corrected chi connectivity index (χ4v) is 0.951. The molecule has 11 heavy (non-hydrogen) atoms. The molecule has 0 spiro atoms. The highest BCUT2D eigenvalue weighted by Crippen LogP contribution is 2.09. The van der Waals surface area contributed by atoms with E-state index >= 15 is 0 Å². The Labute approximate surface area is 68.7 Å². The minimum absolute atomic E-state index is 0.480. The van der Waals surface area contributed by atoms with Crippen molar-refractivity contribution in [1.82, 2.24) is 15.0 Å². The maximum atomic E-state index is 4.86. The lowest BCUT2D eigenvalue weighted by molar-refractivity contribution is 0.318. The Kier molecular flexibility index (Phi) is 3.40. The predicted octanol–water partition coefficient (Wildman–Crippen LogP) is 1.08. The third kappa shape index (κ3) is 2.99. The Balaban J connectivity index is 2.33. The van der Waals surface area contributed by atoms with Crippen LogP contribution in [0, 0.1) is 0 Å². The van der Waals surface area contributed by atoms with Crippen LogP contribution >= 0.6 is 11.8 Å². The van der Waals surface area contributed by atoms with E-state index < -0.39 is 0 Å². The van der Waals surface area contributed by atoms with Crippen LogP contribution in [0.1, 0.15) is 0 Å². The van der Waals surface area contributed by atoms with Crippen molar-refractivity contribution in [2.45, 2.75) is 5.16 Å². The van der Waals surface area contributed by atoms with Crippen molar-refractivity contribution in [2.75, 3.05) is 5.94 Å². The average Bonchev–Trinajstić information content (AvgIpc) is 2.07. The fraction of sp³-hybridized carbons (Fsp3) is 0.167. The zero-order valence-corrected chi connectivity index (χ0v) is 6.62. The molecule has 0 amide bonds. The summed E-state index contributed by atoms with van der Waals surface area (Å²) in [5.74, 6) is 0.480. The lowest BCUT2D eigenvalue weighted by atomic mass is 11.1. The number of nitrogens with zero attached hydrogens (tertiary/aromatic N) is 3. The molecule has 0 bridgehead atoms. The first kappa shape index (κ1) is 8.00. The standard InChI is InChI=1S/C6H7N3OS/c1-2-10-5-11-6-8-3-7-4-9-6/h2-4H,1,5H2. The van der Waals surface area contributed by atoms with Gasteiger partial charge in [0.25, 0.3) is 0 Å². The van der Waals surface area contributed by atoms with Crippen LogP contribution in [0.4, 0.5) is 0 Å². The van der Waals surface area contributed by atoms with Gasteiger partial charge in [-0.15, -0.1) is 0 Å². The molecule has 0 N–H and O–H groups in total. The molecule has 4 nitrogen and oxygen atoms in total. The second kappa shape index (κ2) is 4.68. The molecule has 0 aromatic carbocycles. The number of aromatic nitrogens is 3. The summed E-state index contributed by atoms with van der Waals surface area (Å²) >= 11 is 1.39. The summed E-state index contributed by atoms with van der Waals surface area (Å²) in [6.45, 7) is 3.40. The van der Waals surface area contributed by atoms with Gasteiger partial charge in [0.2, 0.25) is 0 Å². The molecule has 0 aliphatic heterocycles. The van der Waals surface area contributed by atoms with E-state index in [1.165, 1.54) is 30.7 Å². The normalized spacial score (nSPS) is 9.09. The van der Waals surface area contributed by atoms with Gasteiger partial charge in [-0.05, 0) is 11.8 Å². The molecule has 0 fully saturated rings. The zero-order valence-electron chi connectivity index (χ0n) is 5.80. The third-order valence-corrected chi connectivity index (χ3v) is 1.57. The van der Waals surface area contributed by atoms with E-state index in [1.54, 1.807) is 0 Å². The number of hydrogen-bond donors (Lipinski definition) is 0. The van der Waals surface area contributed by atoms with Crippen molar-refractivity contribution >= 4 is 11.8 Å². The Morgan fingerprint density at radius 1 is 1.55 bits per heavy atom. The molecule has 58 valence electrons. The highest BCUT2D eigenvalue weighted by Gasteiger charge is 1.93. The minimum Gasteiger partial charge on any atom is -0.491 e. The number of hydrogen-bond acceptors (Lipinski definition) is 5. The molecule has 0 atom stereocenters. The van der Waals surface area contributed by atoms with E-state index in [0.717, 1.165) is 0 Å². The molecule has 0 saturated carbocycles. The van der Waals surface area contributed by atoms with Gasteiger partial charge in [0.15, 0.2) is 5.16 Å². The van der Waals surface area contributed by atoms with Gasteiger partial charge in [0, 0.05) is 0 Å². The van der Waals surface area contributed by atoms with E-state index in [0.29, 0.717) is 11.1 Å². The number of ether oxygens (including phenoxy) is 1. The smallest absolute Gasteiger partial charge is 0.193 e. The maximum absolute atomic E-state index is 4.86. The fourth-order valence-electron chi connectivity index (χ4n) is 0.438. The largest absolute Gasteiger partial charge is 0.491 e. The van der Waals surface area contributed by atoms with E-state index in [1.807, 2.05) is 0 Å². The number of rotatable bonds is 4. The Hall–Kier alpha value is -1.10. The predicted molar refractivity (Wildman–Crippen MR) is 41.8 cm³/mol. The molecule has 0 saturated heterocycles. The molecule has 0 aliphatic rings. The van der Waals surface area contributed by atoms with Gasteiger partial charge in [-0.3, -0.25) is 0 Å². The summed E-state index contributed by atoms with van der Waals surface area (Å²) in [6.07, 6.45) is 4.28. The second-order valence-corrected chi connectivity index (χ2v) is 2.41. The zero-order chi connectivity index (χ0) is 7.94. The van der Waals surface area contributed by atoms with Crippen molar-refractivity contribution < 1.29 is 4.74 Å². The lowest BCUT2D eigenvalue weighted by Gasteiger charge is -1.96. The van der Waals surface area contributed by atoms with E-state index in [4.69, 9.17) is 4.74 Å². The van der Waals surface area contributed by atoms with Gasteiger partial charge in [-0.2, -0.15) is 0 Å². The van der Waals surface area contributed by atoms with Crippen LogP contribution in [0.2, 0.25) is 0 Å². The Bertz CT molecular complexity index is 216. The second-order valence-electron chi connectivity index (χ2n) is 1.52. The van der Waals surface area contributed by atoms with Crippen molar-refractivity contribution in [2.24, 2.45) is 0 Å². The summed E-state index contributed by atoms with van der Waals surface area (Å²) in [5.41, 5.74) is 0. The third-order valence-electron chi connectivity index (χ3n) is 0.844. The summed E-state index contributed by atoms with van der Waals surface area (Å²) in [5, 5.41) is 0.654. The van der Waals surface area contributed by atoms with Crippen LogP contribution in [0.3, 0.4) is 0 Å². The van der Waals surface area contributed by atoms with Gasteiger partial charge >= 0.3 is 0 Å². The van der Waals surface area contributed by atoms with Gasteiger partial charge in [0.1, 0.15) is 18.6 Å². The minimum atomic E-state index is 0.480. The van der Waals surface area contributed by atoms with Gasteiger partial charge in [0.05, 0.1) is 6.26 Å². The first-order valence-corrected chi connectivity index (χ1v) is 3.89. The molecule has 1 aromatic heterocycles. The van der Waals surface area contributed by atoms with Gasteiger partial charge in [-0.25, -0.2) is 15.0 Å². The van der Waals surface area contributed by atoms with Gasteiger partial charge in [-0.1, -0.05) is 6.58 Å². The van der Waals surface area contributed by atoms with Crippen LogP contribution in [0.15, 0.2) is 30.7 Å². The summed E-state index contributed by atoms with van der Waals surface area (Å²) in [7, 11) is 0. The first-order chi connectivity index (χ1) is 5.43. The van der Waals surface area contributed by atoms with Crippen LogP contribution in [0.5, 0.6) is 0 Å². The van der Waals surface area contributed by atoms with Crippen LogP contribution < -0.4 is 0 Å². The molecule has 1 heterocycles. The molecule has 0 aliphatic carbocycles. The summed E-state index contributed by atoms with van der Waals surface area (Å²) in [4.78, 5) is 11.4. The average molecular weight is 169 g/mol. The number of thioether (sulfide) groups is 1. The van der Waals surface area contributed by atoms with E-state index in [9.17, 15) is 0 Å². The van der Waals surface area contributed by atoms with Crippen molar-refractivity contribution in [1.29, 1.82) is 0 Å². The van der Waals surface area contributed by atoms with Crippen molar-refractivity contribution in [3.05, 3.63) is 25.5 Å². The highest BCUT2D eigenvalue weighted by atomic mass is 32.2. The molecule has 1 aromatic rings. The van der Waals surface area contributed by atoms with E-state index in [-0.39, 0.29) is 0 Å². The van der Waals surface area contributed by atoms with Crippen LogP contribution in [0.25, 0.3) is 0 Å². The molecule has 5 heteroatoms. The maximum Gasteiger partial charge on any atom is 0.193 e. The van der Waals surface area contributed by atoms with E-state index in [2.05, 4.69) is 21.5 Å². The molecular formula is C6H7N3OS. The molecular weight excluding hydrogens is 162 g/mol.